The molecule has 0 amide bonds. The lowest BCUT2D eigenvalue weighted by atomic mass is 10.1. The lowest BCUT2D eigenvalue weighted by molar-refractivity contribution is 0.0743. The molecule has 5 heteroatoms. The monoisotopic (exact) mass is 319 g/mol. The molecule has 1 rings (SSSR count). The number of carbonyl (C=O) groups is 1. The third kappa shape index (κ3) is 6.26. The van der Waals surface area contributed by atoms with Crippen molar-refractivity contribution >= 4 is 5.78 Å². The van der Waals surface area contributed by atoms with Gasteiger partial charge in [-0.25, -0.2) is 0 Å². The van der Waals surface area contributed by atoms with Crippen LogP contribution in [0.5, 0.6) is 11.5 Å². The van der Waals surface area contributed by atoms with Crippen LogP contribution in [0.25, 0.3) is 0 Å². The highest BCUT2D eigenvalue weighted by Gasteiger charge is 2.13. The molecular formula is C18H25NO4. The lowest BCUT2D eigenvalue weighted by Gasteiger charge is -2.22. The summed E-state index contributed by atoms with van der Waals surface area (Å²) >= 11 is 0. The number of hydrogen-bond acceptors (Lipinski definition) is 5. The van der Waals surface area contributed by atoms with E-state index in [9.17, 15) is 9.90 Å². The van der Waals surface area contributed by atoms with Gasteiger partial charge >= 0.3 is 0 Å². The second kappa shape index (κ2) is 9.82. The Labute approximate surface area is 137 Å². The van der Waals surface area contributed by atoms with Crippen molar-refractivity contribution in [3.63, 3.8) is 0 Å². The molecule has 0 fully saturated rings. The van der Waals surface area contributed by atoms with Crippen LogP contribution in [0, 0.1) is 0 Å². The first-order chi connectivity index (χ1) is 11.0. The minimum atomic E-state index is -0.660. The Morgan fingerprint density at radius 2 is 1.96 bits per heavy atom. The molecule has 5 nitrogen and oxygen atoms in total. The van der Waals surface area contributed by atoms with Crippen LogP contribution in [-0.4, -0.2) is 55.2 Å². The molecule has 0 saturated carbocycles. The Balaban J connectivity index is 2.64. The van der Waals surface area contributed by atoms with Crippen LogP contribution >= 0.6 is 0 Å². The normalized spacial score (nSPS) is 11.8. The molecule has 0 saturated heterocycles. The van der Waals surface area contributed by atoms with E-state index >= 15 is 0 Å². The van der Waals surface area contributed by atoms with Gasteiger partial charge in [-0.1, -0.05) is 12.2 Å². The molecule has 1 N–H and O–H groups in total. The molecule has 1 aromatic rings. The summed E-state index contributed by atoms with van der Waals surface area (Å²) in [7, 11) is 1.51. The molecule has 0 spiro atoms. The summed E-state index contributed by atoms with van der Waals surface area (Å²) in [4.78, 5) is 13.4. The highest BCUT2D eigenvalue weighted by molar-refractivity contribution is 5.94. The Bertz CT molecular complexity index is 532. The predicted octanol–water partition coefficient (Wildman–Crippen LogP) is 2.31. The smallest absolute Gasteiger partial charge is 0.161 e. The van der Waals surface area contributed by atoms with E-state index in [0.717, 1.165) is 0 Å². The largest absolute Gasteiger partial charge is 0.493 e. The second-order valence-electron chi connectivity index (χ2n) is 5.18. The van der Waals surface area contributed by atoms with Crippen molar-refractivity contribution in [1.82, 2.24) is 4.90 Å². The van der Waals surface area contributed by atoms with Crippen molar-refractivity contribution in [3.8, 4) is 11.5 Å². The van der Waals surface area contributed by atoms with Crippen molar-refractivity contribution in [2.45, 2.75) is 13.0 Å². The number of aliphatic hydroxyl groups is 1. The number of ketones is 1. The highest BCUT2D eigenvalue weighted by Crippen LogP contribution is 2.28. The molecule has 0 bridgehead atoms. The quantitative estimate of drug-likeness (QED) is 0.501. The lowest BCUT2D eigenvalue weighted by Crippen LogP contribution is -2.35. The molecule has 126 valence electrons. The number of Topliss-reactive ketones (excluding diaryl/α,β-unsaturated/α-hetero) is 1. The predicted molar refractivity (Wildman–Crippen MR) is 91.3 cm³/mol. The molecule has 1 atom stereocenters. The molecule has 1 aromatic carbocycles. The molecule has 0 unspecified atom stereocenters. The summed E-state index contributed by atoms with van der Waals surface area (Å²) in [6.45, 7) is 10.8. The van der Waals surface area contributed by atoms with E-state index in [2.05, 4.69) is 13.2 Å². The average molecular weight is 319 g/mol. The van der Waals surface area contributed by atoms with E-state index in [-0.39, 0.29) is 12.4 Å². The van der Waals surface area contributed by atoms with Gasteiger partial charge in [0.2, 0.25) is 0 Å². The first-order valence-corrected chi connectivity index (χ1v) is 7.45. The van der Waals surface area contributed by atoms with Gasteiger partial charge in [0.05, 0.1) is 7.11 Å². The minimum Gasteiger partial charge on any atom is -0.493 e. The first-order valence-electron chi connectivity index (χ1n) is 7.45. The Morgan fingerprint density at radius 3 is 2.48 bits per heavy atom. The van der Waals surface area contributed by atoms with E-state index < -0.39 is 6.10 Å². The summed E-state index contributed by atoms with van der Waals surface area (Å²) < 4.78 is 10.8. The van der Waals surface area contributed by atoms with Gasteiger partial charge in [-0.2, -0.15) is 0 Å². The van der Waals surface area contributed by atoms with Gasteiger partial charge in [-0.15, -0.1) is 13.2 Å². The number of hydrogen-bond donors (Lipinski definition) is 1. The summed E-state index contributed by atoms with van der Waals surface area (Å²) in [5.41, 5.74) is 0.554. The van der Waals surface area contributed by atoms with E-state index in [1.807, 2.05) is 4.90 Å². The van der Waals surface area contributed by atoms with Gasteiger partial charge in [0.25, 0.3) is 0 Å². The average Bonchev–Trinajstić information content (AvgIpc) is 2.53. The summed E-state index contributed by atoms with van der Waals surface area (Å²) in [6, 6.07) is 4.98. The zero-order chi connectivity index (χ0) is 17.2. The van der Waals surface area contributed by atoms with Crippen LogP contribution in [0.4, 0.5) is 0 Å². The fourth-order valence-electron chi connectivity index (χ4n) is 2.13. The molecule has 23 heavy (non-hydrogen) atoms. The van der Waals surface area contributed by atoms with Gasteiger partial charge in [0.1, 0.15) is 12.7 Å². The van der Waals surface area contributed by atoms with Crippen LogP contribution in [0.1, 0.15) is 17.3 Å². The zero-order valence-corrected chi connectivity index (χ0v) is 13.8. The van der Waals surface area contributed by atoms with E-state index in [1.165, 1.54) is 14.0 Å². The maximum atomic E-state index is 11.4. The van der Waals surface area contributed by atoms with Crippen molar-refractivity contribution in [1.29, 1.82) is 0 Å². The van der Waals surface area contributed by atoms with Gasteiger partial charge < -0.3 is 14.6 Å². The maximum absolute atomic E-state index is 11.4. The van der Waals surface area contributed by atoms with Gasteiger partial charge in [0.15, 0.2) is 17.3 Å². The molecule has 0 radical (unpaired) electrons. The van der Waals surface area contributed by atoms with E-state index in [1.54, 1.807) is 30.4 Å². The molecular weight excluding hydrogens is 294 g/mol. The number of carbonyl (C=O) groups excluding carboxylic acids is 1. The number of rotatable bonds is 11. The van der Waals surface area contributed by atoms with Gasteiger partial charge in [-0.05, 0) is 25.1 Å². The van der Waals surface area contributed by atoms with Gasteiger partial charge in [-0.3, -0.25) is 9.69 Å². The minimum absolute atomic E-state index is 0.0422. The number of methoxy groups -OCH3 is 1. The Morgan fingerprint density at radius 1 is 1.30 bits per heavy atom. The van der Waals surface area contributed by atoms with Crippen molar-refractivity contribution in [3.05, 3.63) is 49.1 Å². The number of ether oxygens (including phenoxy) is 2. The van der Waals surface area contributed by atoms with Crippen LogP contribution in [0.2, 0.25) is 0 Å². The molecule has 0 aliphatic heterocycles. The number of benzene rings is 1. The molecule has 0 heterocycles. The van der Waals surface area contributed by atoms with E-state index in [0.29, 0.717) is 36.7 Å². The standard InChI is InChI=1S/C18H25NO4/c1-5-9-19(10-6-2)12-16(21)13-23-17-8-7-15(14(3)20)11-18(17)22-4/h5-8,11,16,21H,1-2,9-10,12-13H2,3-4H3/t16-/m0/s1. The van der Waals surface area contributed by atoms with Crippen LogP contribution in [0.3, 0.4) is 0 Å². The first kappa shape index (κ1) is 18.9. The van der Waals surface area contributed by atoms with Crippen molar-refractivity contribution in [2.24, 2.45) is 0 Å². The number of nitrogens with zero attached hydrogens (tertiary/aromatic N) is 1. The number of aliphatic hydroxyl groups excluding tert-OH is 1. The highest BCUT2D eigenvalue weighted by atomic mass is 16.5. The molecule has 0 aromatic heterocycles. The fourth-order valence-corrected chi connectivity index (χ4v) is 2.13. The summed E-state index contributed by atoms with van der Waals surface area (Å²) in [5, 5.41) is 10.1. The van der Waals surface area contributed by atoms with Crippen LogP contribution < -0.4 is 9.47 Å². The van der Waals surface area contributed by atoms with Crippen LogP contribution in [-0.2, 0) is 0 Å². The Kier molecular flexibility index (Phi) is 8.08. The Hall–Kier alpha value is -2.11. The van der Waals surface area contributed by atoms with E-state index in [4.69, 9.17) is 9.47 Å². The maximum Gasteiger partial charge on any atom is 0.161 e. The third-order valence-corrected chi connectivity index (χ3v) is 3.24. The zero-order valence-electron chi connectivity index (χ0n) is 13.8. The van der Waals surface area contributed by atoms with Crippen molar-refractivity contribution in [2.75, 3.05) is 33.4 Å². The van der Waals surface area contributed by atoms with Crippen molar-refractivity contribution < 1.29 is 19.4 Å². The van der Waals surface area contributed by atoms with Gasteiger partial charge in [0, 0.05) is 25.2 Å². The fraction of sp³-hybridized carbons (Fsp3) is 0.389. The molecule has 0 aliphatic rings. The summed E-state index contributed by atoms with van der Waals surface area (Å²) in [5.74, 6) is 0.925. The SMILES string of the molecule is C=CCN(CC=C)C[C@H](O)COc1ccc(C(C)=O)cc1OC. The summed E-state index contributed by atoms with van der Waals surface area (Å²) in [6.07, 6.45) is 2.90. The second-order valence-corrected chi connectivity index (χ2v) is 5.18. The third-order valence-electron chi connectivity index (χ3n) is 3.24. The molecule has 0 aliphatic carbocycles. The topological polar surface area (TPSA) is 59.0 Å². The van der Waals surface area contributed by atoms with Crippen LogP contribution in [0.15, 0.2) is 43.5 Å².